The van der Waals surface area contributed by atoms with Crippen molar-refractivity contribution in [3.8, 4) is 0 Å². The van der Waals surface area contributed by atoms with Crippen LogP contribution in [-0.2, 0) is 21.1 Å². The van der Waals surface area contributed by atoms with Gasteiger partial charge in [-0.3, -0.25) is 4.79 Å². The molecule has 0 aliphatic carbocycles. The van der Waals surface area contributed by atoms with Crippen LogP contribution in [-0.4, -0.2) is 25.1 Å². The molecule has 25 heavy (non-hydrogen) atoms. The number of nitrogens with one attached hydrogen (secondary N) is 1. The molecule has 0 atom stereocenters. The molecule has 0 unspecified atom stereocenters. The standard InChI is InChI=1S/C18H18N2O3S2/c1-3-25(22,23)14-7-5-13(6-8-14)11-17(21)20-18-19-15-9-4-12(2)10-16(15)24-18/h4-10H,3,11H2,1-2H3,(H,19,20,21). The molecule has 2 aromatic carbocycles. The lowest BCUT2D eigenvalue weighted by Crippen LogP contribution is -2.14. The van der Waals surface area contributed by atoms with E-state index in [0.717, 1.165) is 21.3 Å². The fourth-order valence-electron chi connectivity index (χ4n) is 2.42. The summed E-state index contributed by atoms with van der Waals surface area (Å²) in [7, 11) is -3.22. The summed E-state index contributed by atoms with van der Waals surface area (Å²) in [6.45, 7) is 3.62. The molecular formula is C18H18N2O3S2. The van der Waals surface area contributed by atoms with Crippen LogP contribution in [0, 0.1) is 6.92 Å². The summed E-state index contributed by atoms with van der Waals surface area (Å²) in [5.41, 5.74) is 2.76. The first-order valence-electron chi connectivity index (χ1n) is 7.86. The molecule has 1 N–H and O–H groups in total. The Labute approximate surface area is 150 Å². The number of hydrogen-bond acceptors (Lipinski definition) is 5. The van der Waals surface area contributed by atoms with E-state index in [9.17, 15) is 13.2 Å². The molecule has 1 aromatic heterocycles. The zero-order valence-electron chi connectivity index (χ0n) is 13.9. The van der Waals surface area contributed by atoms with Gasteiger partial charge >= 0.3 is 0 Å². The van der Waals surface area contributed by atoms with Crippen LogP contribution in [0.2, 0.25) is 0 Å². The van der Waals surface area contributed by atoms with E-state index in [0.29, 0.717) is 5.13 Å². The van der Waals surface area contributed by atoms with Gasteiger partial charge in [0.05, 0.1) is 27.3 Å². The minimum absolute atomic E-state index is 0.0594. The predicted molar refractivity (Wildman–Crippen MR) is 101 cm³/mol. The molecule has 0 saturated carbocycles. The highest BCUT2D eigenvalue weighted by molar-refractivity contribution is 7.91. The minimum Gasteiger partial charge on any atom is -0.302 e. The SMILES string of the molecule is CCS(=O)(=O)c1ccc(CC(=O)Nc2nc3ccc(C)cc3s2)cc1. The number of sulfone groups is 1. The van der Waals surface area contributed by atoms with Gasteiger partial charge in [-0.05, 0) is 42.3 Å². The van der Waals surface area contributed by atoms with Crippen molar-refractivity contribution < 1.29 is 13.2 Å². The van der Waals surface area contributed by atoms with Crippen molar-refractivity contribution in [1.82, 2.24) is 4.98 Å². The van der Waals surface area contributed by atoms with Gasteiger partial charge in [0.2, 0.25) is 5.91 Å². The van der Waals surface area contributed by atoms with Crippen LogP contribution in [0.5, 0.6) is 0 Å². The van der Waals surface area contributed by atoms with Crippen LogP contribution in [0.25, 0.3) is 10.2 Å². The predicted octanol–water partition coefficient (Wildman–Crippen LogP) is 3.58. The maximum Gasteiger partial charge on any atom is 0.230 e. The maximum absolute atomic E-state index is 12.2. The van der Waals surface area contributed by atoms with Crippen molar-refractivity contribution in [3.05, 3.63) is 53.6 Å². The highest BCUT2D eigenvalue weighted by atomic mass is 32.2. The fraction of sp³-hybridized carbons (Fsp3) is 0.222. The average Bonchev–Trinajstić information content (AvgIpc) is 2.96. The Bertz CT molecular complexity index is 1020. The summed E-state index contributed by atoms with van der Waals surface area (Å²) in [6, 6.07) is 12.4. The van der Waals surface area contributed by atoms with Crippen molar-refractivity contribution in [3.63, 3.8) is 0 Å². The molecule has 0 fully saturated rings. The first-order valence-corrected chi connectivity index (χ1v) is 10.3. The molecule has 3 rings (SSSR count). The Morgan fingerprint density at radius 2 is 1.88 bits per heavy atom. The summed E-state index contributed by atoms with van der Waals surface area (Å²) in [5.74, 6) is -0.119. The quantitative estimate of drug-likeness (QED) is 0.741. The monoisotopic (exact) mass is 374 g/mol. The van der Waals surface area contributed by atoms with Gasteiger partial charge in [-0.1, -0.05) is 36.5 Å². The molecule has 1 heterocycles. The van der Waals surface area contributed by atoms with E-state index in [1.807, 2.05) is 25.1 Å². The van der Waals surface area contributed by atoms with E-state index in [1.54, 1.807) is 31.2 Å². The largest absolute Gasteiger partial charge is 0.302 e. The molecule has 3 aromatic rings. The highest BCUT2D eigenvalue weighted by Gasteiger charge is 2.12. The molecule has 130 valence electrons. The Morgan fingerprint density at radius 3 is 2.56 bits per heavy atom. The van der Waals surface area contributed by atoms with Gasteiger partial charge in [-0.2, -0.15) is 0 Å². The molecule has 0 spiro atoms. The number of nitrogens with zero attached hydrogens (tertiary/aromatic N) is 1. The van der Waals surface area contributed by atoms with Gasteiger partial charge in [-0.15, -0.1) is 0 Å². The second-order valence-electron chi connectivity index (χ2n) is 5.76. The smallest absolute Gasteiger partial charge is 0.230 e. The van der Waals surface area contributed by atoms with Gasteiger partial charge in [0, 0.05) is 0 Å². The normalized spacial score (nSPS) is 11.6. The van der Waals surface area contributed by atoms with Crippen molar-refractivity contribution in [2.75, 3.05) is 11.1 Å². The molecule has 1 amide bonds. The van der Waals surface area contributed by atoms with Gasteiger partial charge in [0.15, 0.2) is 15.0 Å². The zero-order chi connectivity index (χ0) is 18.0. The Morgan fingerprint density at radius 1 is 1.16 bits per heavy atom. The lowest BCUT2D eigenvalue weighted by Gasteiger charge is -2.04. The van der Waals surface area contributed by atoms with E-state index in [1.165, 1.54) is 11.3 Å². The fourth-order valence-corrected chi connectivity index (χ4v) is 4.28. The number of thiazole rings is 1. The molecule has 5 nitrogen and oxygen atoms in total. The lowest BCUT2D eigenvalue weighted by atomic mass is 10.1. The number of aryl methyl sites for hydroxylation is 1. The van der Waals surface area contributed by atoms with Crippen molar-refractivity contribution in [1.29, 1.82) is 0 Å². The lowest BCUT2D eigenvalue weighted by molar-refractivity contribution is -0.115. The number of benzene rings is 2. The van der Waals surface area contributed by atoms with E-state index in [4.69, 9.17) is 0 Å². The molecule has 0 aliphatic heterocycles. The first kappa shape index (κ1) is 17.6. The number of rotatable bonds is 5. The Balaban J connectivity index is 1.69. The summed E-state index contributed by atoms with van der Waals surface area (Å²) >= 11 is 1.44. The molecule has 0 bridgehead atoms. The third-order valence-electron chi connectivity index (χ3n) is 3.82. The van der Waals surface area contributed by atoms with Crippen LogP contribution < -0.4 is 5.32 Å². The minimum atomic E-state index is -3.22. The van der Waals surface area contributed by atoms with Gasteiger partial charge < -0.3 is 5.32 Å². The third kappa shape index (κ3) is 4.05. The number of carbonyl (C=O) groups excluding carboxylic acids is 1. The number of carbonyl (C=O) groups is 1. The van der Waals surface area contributed by atoms with Gasteiger partial charge in [0.25, 0.3) is 0 Å². The molecule has 0 aliphatic rings. The second kappa shape index (κ2) is 6.93. The average molecular weight is 374 g/mol. The first-order chi connectivity index (χ1) is 11.9. The molecule has 0 saturated heterocycles. The van der Waals surface area contributed by atoms with E-state index < -0.39 is 9.84 Å². The van der Waals surface area contributed by atoms with Crippen LogP contribution in [0.4, 0.5) is 5.13 Å². The molecule has 0 radical (unpaired) electrons. The van der Waals surface area contributed by atoms with E-state index >= 15 is 0 Å². The van der Waals surface area contributed by atoms with Crippen LogP contribution in [0.15, 0.2) is 47.4 Å². The molecule has 7 heteroatoms. The number of amides is 1. The number of fused-ring (bicyclic) bond motifs is 1. The second-order valence-corrected chi connectivity index (χ2v) is 9.07. The summed E-state index contributed by atoms with van der Waals surface area (Å²) in [5, 5.41) is 3.37. The highest BCUT2D eigenvalue weighted by Crippen LogP contribution is 2.26. The van der Waals surface area contributed by atoms with Gasteiger partial charge in [-0.25, -0.2) is 13.4 Å². The van der Waals surface area contributed by atoms with E-state index in [2.05, 4.69) is 10.3 Å². The molecular weight excluding hydrogens is 356 g/mol. The summed E-state index contributed by atoms with van der Waals surface area (Å²) in [6.07, 6.45) is 0.168. The van der Waals surface area contributed by atoms with E-state index in [-0.39, 0.29) is 23.0 Å². The summed E-state index contributed by atoms with van der Waals surface area (Å²) < 4.78 is 24.6. The van der Waals surface area contributed by atoms with Crippen LogP contribution in [0.1, 0.15) is 18.1 Å². The Hall–Kier alpha value is -2.25. The zero-order valence-corrected chi connectivity index (χ0v) is 15.6. The van der Waals surface area contributed by atoms with Crippen LogP contribution in [0.3, 0.4) is 0 Å². The Kier molecular flexibility index (Phi) is 4.87. The number of hydrogen-bond donors (Lipinski definition) is 1. The van der Waals surface area contributed by atoms with Crippen molar-refractivity contribution >= 4 is 42.4 Å². The maximum atomic E-state index is 12.2. The van der Waals surface area contributed by atoms with Crippen LogP contribution >= 0.6 is 11.3 Å². The number of aromatic nitrogens is 1. The van der Waals surface area contributed by atoms with Gasteiger partial charge in [0.1, 0.15) is 0 Å². The van der Waals surface area contributed by atoms with Crippen molar-refractivity contribution in [2.24, 2.45) is 0 Å². The summed E-state index contributed by atoms with van der Waals surface area (Å²) in [4.78, 5) is 16.9. The van der Waals surface area contributed by atoms with Crippen molar-refractivity contribution in [2.45, 2.75) is 25.2 Å². The number of anilines is 1. The topological polar surface area (TPSA) is 76.1 Å². The third-order valence-corrected chi connectivity index (χ3v) is 6.50.